The lowest BCUT2D eigenvalue weighted by Gasteiger charge is -2.56. The fourth-order valence-corrected chi connectivity index (χ4v) is 9.47. The van der Waals surface area contributed by atoms with Gasteiger partial charge >= 0.3 is 0 Å². The zero-order valence-corrected chi connectivity index (χ0v) is 38.0. The van der Waals surface area contributed by atoms with E-state index >= 15 is 0 Å². The van der Waals surface area contributed by atoms with Gasteiger partial charge < -0.3 is 53.7 Å². The van der Waals surface area contributed by atoms with Gasteiger partial charge in [0.1, 0.15) is 24.4 Å². The Morgan fingerprint density at radius 2 is 1.13 bits per heavy atom. The molecule has 4 N–H and O–H groups in total. The number of nitrogens with zero attached hydrogens (tertiary/aromatic N) is 1. The zero-order chi connectivity index (χ0) is 42.5. The quantitative estimate of drug-likeness (QED) is 0.0550. The van der Waals surface area contributed by atoms with Crippen LogP contribution in [0.1, 0.15) is 36.8 Å². The molecule has 7 atom stereocenters. The van der Waals surface area contributed by atoms with E-state index in [1.165, 1.54) is 0 Å². The Kier molecular flexibility index (Phi) is 27.6. The van der Waals surface area contributed by atoms with Crippen molar-refractivity contribution in [1.29, 1.82) is 0 Å². The molecule has 2 aliphatic rings. The van der Waals surface area contributed by atoms with Crippen molar-refractivity contribution in [3.8, 4) is 0 Å². The molecule has 0 aromatic heterocycles. The molecule has 2 saturated heterocycles. The maximum absolute atomic E-state index is 14.6. The van der Waals surface area contributed by atoms with Gasteiger partial charge in [0.15, 0.2) is 12.4 Å². The summed E-state index contributed by atoms with van der Waals surface area (Å²) in [7, 11) is 0. The SMILES string of the molecule is O=C1C(OCc2ccccc2)C(/C=C/c2ccccc2)N1[C@H]1[C@H](OCCCSCCO)O[C@H](COCCCSCCO)[C@@H](OCCCSCCO)[C@@H]1OCCCSCCO. The first-order valence-corrected chi connectivity index (χ1v) is 25.8. The normalized spacial score (nSPS) is 23.1. The van der Waals surface area contributed by atoms with Crippen LogP contribution in [0.25, 0.3) is 6.08 Å². The third-order valence-corrected chi connectivity index (χ3v) is 13.8. The first kappa shape index (κ1) is 51.3. The minimum Gasteiger partial charge on any atom is -0.396 e. The molecule has 0 radical (unpaired) electrons. The lowest BCUT2D eigenvalue weighted by molar-refractivity contribution is -0.309. The number of amides is 1. The van der Waals surface area contributed by atoms with Gasteiger partial charge in [-0.15, -0.1) is 0 Å². The minimum atomic E-state index is -0.873. The molecule has 2 fully saturated rings. The Bertz CT molecular complexity index is 1400. The molecule has 12 nitrogen and oxygen atoms in total. The molecule has 60 heavy (non-hydrogen) atoms. The maximum atomic E-state index is 14.6. The van der Waals surface area contributed by atoms with Gasteiger partial charge in [0.25, 0.3) is 5.91 Å². The number of benzene rings is 2. The van der Waals surface area contributed by atoms with E-state index in [-0.39, 0.29) is 45.5 Å². The van der Waals surface area contributed by atoms with Crippen molar-refractivity contribution in [2.75, 3.05) is 105 Å². The van der Waals surface area contributed by atoms with Gasteiger partial charge in [0, 0.05) is 42.8 Å². The highest BCUT2D eigenvalue weighted by Gasteiger charge is 2.59. The third kappa shape index (κ3) is 18.4. The van der Waals surface area contributed by atoms with E-state index in [1.807, 2.05) is 77.7 Å². The number of thioether (sulfide) groups is 4. The number of β-lactam (4-membered cyclic amide) rings is 1. The fraction of sp³-hybridized carbons (Fsp3) is 0.659. The summed E-state index contributed by atoms with van der Waals surface area (Å²) in [6.07, 6.45) is 3.60. The number of ether oxygens (including phenoxy) is 6. The number of likely N-dealkylation sites (tertiary alicyclic amines) is 1. The molecule has 4 rings (SSSR count). The van der Waals surface area contributed by atoms with Crippen LogP contribution in [0.5, 0.6) is 0 Å². The summed E-state index contributed by atoms with van der Waals surface area (Å²) in [6.45, 7) is 2.68. The van der Waals surface area contributed by atoms with Crippen LogP contribution in [0, 0.1) is 0 Å². The second-order valence-corrected chi connectivity index (χ2v) is 19.0. The first-order valence-electron chi connectivity index (χ1n) is 21.2. The average molecular weight is 914 g/mol. The lowest BCUT2D eigenvalue weighted by atomic mass is 9.87. The molecule has 0 aliphatic carbocycles. The summed E-state index contributed by atoms with van der Waals surface area (Å²) < 4.78 is 39.8. The molecule has 0 saturated carbocycles. The summed E-state index contributed by atoms with van der Waals surface area (Å²) in [5, 5.41) is 37.2. The van der Waals surface area contributed by atoms with Crippen molar-refractivity contribution in [1.82, 2.24) is 4.90 Å². The third-order valence-electron chi connectivity index (χ3n) is 9.63. The van der Waals surface area contributed by atoms with E-state index in [9.17, 15) is 25.2 Å². The predicted molar refractivity (Wildman–Crippen MR) is 246 cm³/mol. The molecule has 2 unspecified atom stereocenters. The van der Waals surface area contributed by atoms with E-state index in [0.717, 1.165) is 59.8 Å². The van der Waals surface area contributed by atoms with Crippen LogP contribution in [0.4, 0.5) is 0 Å². The highest BCUT2D eigenvalue weighted by molar-refractivity contribution is 7.99. The second kappa shape index (κ2) is 32.3. The predicted octanol–water partition coefficient (Wildman–Crippen LogP) is 4.86. The van der Waals surface area contributed by atoms with Gasteiger partial charge in [-0.25, -0.2) is 0 Å². The van der Waals surface area contributed by atoms with Crippen molar-refractivity contribution in [2.45, 2.75) is 75.1 Å². The number of hydrogen-bond donors (Lipinski definition) is 4. The Morgan fingerprint density at radius 1 is 0.617 bits per heavy atom. The van der Waals surface area contributed by atoms with Crippen molar-refractivity contribution < 1.29 is 53.6 Å². The maximum Gasteiger partial charge on any atom is 0.255 e. The number of aliphatic hydroxyl groups excluding tert-OH is 4. The molecule has 2 heterocycles. The van der Waals surface area contributed by atoms with Crippen LogP contribution in [0.2, 0.25) is 0 Å². The Balaban J connectivity index is 1.67. The number of hydrogen-bond acceptors (Lipinski definition) is 15. The number of aliphatic hydroxyl groups is 4. The van der Waals surface area contributed by atoms with E-state index in [1.54, 1.807) is 47.0 Å². The van der Waals surface area contributed by atoms with Gasteiger partial charge in [-0.1, -0.05) is 72.8 Å². The van der Waals surface area contributed by atoms with Crippen LogP contribution in [0.15, 0.2) is 66.7 Å². The van der Waals surface area contributed by atoms with E-state index in [2.05, 4.69) is 0 Å². The van der Waals surface area contributed by atoms with E-state index < -0.39 is 42.8 Å². The molecule has 0 spiro atoms. The van der Waals surface area contributed by atoms with Gasteiger partial charge in [-0.3, -0.25) is 4.79 Å². The molecule has 2 aromatic carbocycles. The Hall–Kier alpha value is -1.35. The van der Waals surface area contributed by atoms with Crippen LogP contribution < -0.4 is 0 Å². The summed E-state index contributed by atoms with van der Waals surface area (Å²) >= 11 is 6.66. The highest BCUT2D eigenvalue weighted by atomic mass is 32.2. The summed E-state index contributed by atoms with van der Waals surface area (Å²) in [5.41, 5.74) is 1.96. The highest BCUT2D eigenvalue weighted by Crippen LogP contribution is 2.38. The van der Waals surface area contributed by atoms with Crippen LogP contribution in [-0.4, -0.2) is 180 Å². The molecular formula is C44H67NO11S4. The fourth-order valence-electron chi connectivity index (χ4n) is 6.85. The van der Waals surface area contributed by atoms with Crippen LogP contribution in [-0.2, 0) is 39.8 Å². The van der Waals surface area contributed by atoms with Crippen molar-refractivity contribution in [2.24, 2.45) is 0 Å². The van der Waals surface area contributed by atoms with Gasteiger partial charge in [0.05, 0.1) is 52.3 Å². The molecule has 2 aromatic rings. The van der Waals surface area contributed by atoms with Crippen molar-refractivity contribution in [3.05, 3.63) is 77.9 Å². The number of rotatable bonds is 35. The van der Waals surface area contributed by atoms with Crippen LogP contribution in [0.3, 0.4) is 0 Å². The molecular weight excluding hydrogens is 847 g/mol. The summed E-state index contributed by atoms with van der Waals surface area (Å²) in [4.78, 5) is 16.4. The molecule has 16 heteroatoms. The summed E-state index contributed by atoms with van der Waals surface area (Å²) in [6, 6.07) is 18.6. The largest absolute Gasteiger partial charge is 0.396 e. The van der Waals surface area contributed by atoms with Crippen LogP contribution >= 0.6 is 47.0 Å². The molecule has 1 amide bonds. The average Bonchev–Trinajstić information content (AvgIpc) is 3.27. The lowest BCUT2D eigenvalue weighted by Crippen LogP contribution is -2.76. The first-order chi connectivity index (χ1) is 29.6. The Labute approximate surface area is 374 Å². The van der Waals surface area contributed by atoms with Gasteiger partial charge in [0.2, 0.25) is 0 Å². The second-order valence-electron chi connectivity index (χ2n) is 14.1. The standard InChI is InChI=1S/C44H67NO11S4/c46-17-29-57-25-7-21-51-34-38-41(52-22-8-26-58-30-18-47)42(53-23-9-27-59-31-19-48)39(44(56-38)54-24-10-28-60-32-20-49)45-37(16-15-35-11-3-1-4-12-35)40(43(45)50)55-33-36-13-5-2-6-14-36/h1-6,11-16,37-42,44,46-49H,7-10,17-34H2/b16-15+/t37?,38-,39-,40?,41-,42-,44-/m1/s1. The van der Waals surface area contributed by atoms with E-state index in [0.29, 0.717) is 49.4 Å². The van der Waals surface area contributed by atoms with Crippen molar-refractivity contribution >= 4 is 59.0 Å². The minimum absolute atomic E-state index is 0.113. The smallest absolute Gasteiger partial charge is 0.255 e. The zero-order valence-electron chi connectivity index (χ0n) is 34.8. The van der Waals surface area contributed by atoms with Gasteiger partial charge in [-0.05, 0) is 59.8 Å². The number of carbonyl (C=O) groups is 1. The Morgan fingerprint density at radius 3 is 1.70 bits per heavy atom. The molecule has 0 bridgehead atoms. The molecule has 2 aliphatic heterocycles. The monoisotopic (exact) mass is 913 g/mol. The van der Waals surface area contributed by atoms with E-state index in [4.69, 9.17) is 28.4 Å². The molecule has 338 valence electrons. The topological polar surface area (TPSA) is 157 Å². The van der Waals surface area contributed by atoms with Crippen molar-refractivity contribution in [3.63, 3.8) is 0 Å². The number of carbonyl (C=O) groups excluding carboxylic acids is 1. The van der Waals surface area contributed by atoms with Gasteiger partial charge in [-0.2, -0.15) is 47.0 Å². The summed E-state index contributed by atoms with van der Waals surface area (Å²) in [5.74, 6) is 5.72.